The van der Waals surface area contributed by atoms with Crippen LogP contribution in [-0.2, 0) is 12.8 Å². The van der Waals surface area contributed by atoms with Gasteiger partial charge in [-0.05, 0) is 57.6 Å². The van der Waals surface area contributed by atoms with Crippen molar-refractivity contribution in [2.45, 2.75) is 52.9 Å². The molecule has 1 N–H and O–H groups in total. The van der Waals surface area contributed by atoms with Gasteiger partial charge in [0.1, 0.15) is 0 Å². The summed E-state index contributed by atoms with van der Waals surface area (Å²) in [7, 11) is 0. The van der Waals surface area contributed by atoms with Gasteiger partial charge in [-0.15, -0.1) is 0 Å². The Bertz CT molecular complexity index is 683. The first kappa shape index (κ1) is 13.2. The molecule has 1 aromatic heterocycles. The maximum Gasteiger partial charge on any atom is 0.274 e. The zero-order valence-corrected chi connectivity index (χ0v) is 12.5. The SMILES string of the molecule is Cc1cc(C)c(-n2[nH]c3c(c2=O)CCCCC3)c(C)c1. The van der Waals surface area contributed by atoms with Crippen LogP contribution in [-0.4, -0.2) is 9.78 Å². The Hall–Kier alpha value is -1.77. The molecular weight excluding hydrogens is 248 g/mol. The second kappa shape index (κ2) is 4.97. The summed E-state index contributed by atoms with van der Waals surface area (Å²) in [6.07, 6.45) is 5.46. The van der Waals surface area contributed by atoms with Crippen molar-refractivity contribution in [3.05, 3.63) is 50.4 Å². The molecule has 1 aliphatic rings. The van der Waals surface area contributed by atoms with Crippen molar-refractivity contribution >= 4 is 0 Å². The Morgan fingerprint density at radius 3 is 2.35 bits per heavy atom. The molecule has 20 heavy (non-hydrogen) atoms. The van der Waals surface area contributed by atoms with Crippen molar-refractivity contribution in [2.75, 3.05) is 0 Å². The predicted octanol–water partition coefficient (Wildman–Crippen LogP) is 3.36. The number of benzene rings is 1. The third kappa shape index (κ3) is 2.11. The molecule has 0 unspecified atom stereocenters. The predicted molar refractivity (Wildman–Crippen MR) is 81.9 cm³/mol. The number of rotatable bonds is 1. The molecule has 106 valence electrons. The van der Waals surface area contributed by atoms with Gasteiger partial charge in [-0.1, -0.05) is 24.1 Å². The first-order valence-electron chi connectivity index (χ1n) is 7.49. The van der Waals surface area contributed by atoms with Crippen LogP contribution in [0.3, 0.4) is 0 Å². The number of aromatic nitrogens is 2. The third-order valence-electron chi connectivity index (χ3n) is 4.28. The van der Waals surface area contributed by atoms with E-state index in [-0.39, 0.29) is 5.56 Å². The first-order chi connectivity index (χ1) is 9.58. The average Bonchev–Trinajstić information content (AvgIpc) is 2.57. The minimum absolute atomic E-state index is 0.150. The topological polar surface area (TPSA) is 37.8 Å². The highest BCUT2D eigenvalue weighted by atomic mass is 16.1. The lowest BCUT2D eigenvalue weighted by atomic mass is 10.1. The molecule has 3 heteroatoms. The van der Waals surface area contributed by atoms with Crippen LogP contribution in [0.1, 0.15) is 47.2 Å². The normalized spacial score (nSPS) is 14.9. The van der Waals surface area contributed by atoms with Crippen LogP contribution in [0.5, 0.6) is 0 Å². The maximum absolute atomic E-state index is 12.7. The monoisotopic (exact) mass is 270 g/mol. The summed E-state index contributed by atoms with van der Waals surface area (Å²) in [5.41, 5.74) is 6.87. The van der Waals surface area contributed by atoms with Gasteiger partial charge in [0.2, 0.25) is 0 Å². The van der Waals surface area contributed by atoms with Gasteiger partial charge in [0, 0.05) is 11.3 Å². The summed E-state index contributed by atoms with van der Waals surface area (Å²) in [5, 5.41) is 3.36. The summed E-state index contributed by atoms with van der Waals surface area (Å²) in [6, 6.07) is 4.28. The first-order valence-corrected chi connectivity index (χ1v) is 7.49. The lowest BCUT2D eigenvalue weighted by Gasteiger charge is -2.11. The maximum atomic E-state index is 12.7. The molecule has 1 heterocycles. The number of aromatic amines is 1. The molecule has 0 saturated heterocycles. The van der Waals surface area contributed by atoms with E-state index in [0.717, 1.165) is 47.3 Å². The Kier molecular flexibility index (Phi) is 3.28. The van der Waals surface area contributed by atoms with Crippen LogP contribution in [0.15, 0.2) is 16.9 Å². The van der Waals surface area contributed by atoms with E-state index in [2.05, 4.69) is 38.0 Å². The van der Waals surface area contributed by atoms with Gasteiger partial charge in [0.25, 0.3) is 5.56 Å². The molecule has 0 amide bonds. The average molecular weight is 270 g/mol. The summed E-state index contributed by atoms with van der Waals surface area (Å²) >= 11 is 0. The Morgan fingerprint density at radius 2 is 1.65 bits per heavy atom. The quantitative estimate of drug-likeness (QED) is 0.793. The molecule has 0 spiro atoms. The van der Waals surface area contributed by atoms with Crippen LogP contribution in [0.25, 0.3) is 5.69 Å². The van der Waals surface area contributed by atoms with E-state index < -0.39 is 0 Å². The number of H-pyrrole nitrogens is 1. The van der Waals surface area contributed by atoms with Crippen LogP contribution >= 0.6 is 0 Å². The highest BCUT2D eigenvalue weighted by Gasteiger charge is 2.18. The fraction of sp³-hybridized carbons (Fsp3) is 0.471. The smallest absolute Gasteiger partial charge is 0.274 e. The van der Waals surface area contributed by atoms with Gasteiger partial charge in [-0.2, -0.15) is 0 Å². The zero-order valence-electron chi connectivity index (χ0n) is 12.5. The summed E-state index contributed by atoms with van der Waals surface area (Å²) in [6.45, 7) is 6.25. The Balaban J connectivity index is 2.19. The molecule has 0 fully saturated rings. The van der Waals surface area contributed by atoms with Crippen LogP contribution in [0.4, 0.5) is 0 Å². The van der Waals surface area contributed by atoms with Crippen molar-refractivity contribution in [3.63, 3.8) is 0 Å². The van der Waals surface area contributed by atoms with E-state index in [1.165, 1.54) is 18.4 Å². The Labute approximate surface area is 119 Å². The molecule has 1 aliphatic carbocycles. The van der Waals surface area contributed by atoms with Gasteiger partial charge in [0.05, 0.1) is 5.69 Å². The fourth-order valence-electron chi connectivity index (χ4n) is 3.44. The van der Waals surface area contributed by atoms with Crippen LogP contribution in [0.2, 0.25) is 0 Å². The van der Waals surface area contributed by atoms with Gasteiger partial charge in [-0.3, -0.25) is 9.89 Å². The molecule has 0 bridgehead atoms. The van der Waals surface area contributed by atoms with Gasteiger partial charge >= 0.3 is 0 Å². The lowest BCUT2D eigenvalue weighted by Crippen LogP contribution is -2.19. The van der Waals surface area contributed by atoms with E-state index in [1.807, 2.05) is 0 Å². The molecular formula is C17H22N2O. The molecule has 3 rings (SSSR count). The number of nitrogens with zero attached hydrogens (tertiary/aromatic N) is 1. The van der Waals surface area contributed by atoms with E-state index in [9.17, 15) is 4.79 Å². The van der Waals surface area contributed by atoms with Crippen LogP contribution < -0.4 is 5.56 Å². The molecule has 0 saturated carbocycles. The second-order valence-electron chi connectivity index (χ2n) is 6.02. The van der Waals surface area contributed by atoms with Crippen LogP contribution in [0, 0.1) is 20.8 Å². The van der Waals surface area contributed by atoms with Gasteiger partial charge in [0.15, 0.2) is 0 Å². The summed E-state index contributed by atoms with van der Waals surface area (Å²) in [5.74, 6) is 0. The van der Waals surface area contributed by atoms with E-state index >= 15 is 0 Å². The highest BCUT2D eigenvalue weighted by Crippen LogP contribution is 2.22. The summed E-state index contributed by atoms with van der Waals surface area (Å²) in [4.78, 5) is 12.7. The fourth-order valence-corrected chi connectivity index (χ4v) is 3.44. The molecule has 0 atom stereocenters. The molecule has 0 aliphatic heterocycles. The minimum atomic E-state index is 0.150. The van der Waals surface area contributed by atoms with Gasteiger partial charge in [-0.25, -0.2) is 4.68 Å². The number of hydrogen-bond donors (Lipinski definition) is 1. The largest absolute Gasteiger partial charge is 0.295 e. The zero-order chi connectivity index (χ0) is 14.3. The number of hydrogen-bond acceptors (Lipinski definition) is 1. The number of aryl methyl sites for hydroxylation is 4. The molecule has 3 nitrogen and oxygen atoms in total. The Morgan fingerprint density at radius 1 is 1.00 bits per heavy atom. The second-order valence-corrected chi connectivity index (χ2v) is 6.02. The molecule has 2 aromatic rings. The number of nitrogens with one attached hydrogen (secondary N) is 1. The van der Waals surface area contributed by atoms with Crippen molar-refractivity contribution in [2.24, 2.45) is 0 Å². The molecule has 0 radical (unpaired) electrons. The van der Waals surface area contributed by atoms with Crippen molar-refractivity contribution in [1.82, 2.24) is 9.78 Å². The van der Waals surface area contributed by atoms with Crippen molar-refractivity contribution in [3.8, 4) is 5.69 Å². The van der Waals surface area contributed by atoms with Gasteiger partial charge < -0.3 is 0 Å². The third-order valence-corrected chi connectivity index (χ3v) is 4.28. The van der Waals surface area contributed by atoms with E-state index in [4.69, 9.17) is 0 Å². The molecule has 1 aromatic carbocycles. The van der Waals surface area contributed by atoms with Crippen molar-refractivity contribution in [1.29, 1.82) is 0 Å². The van der Waals surface area contributed by atoms with E-state index in [1.54, 1.807) is 4.68 Å². The summed E-state index contributed by atoms with van der Waals surface area (Å²) < 4.78 is 1.76. The van der Waals surface area contributed by atoms with Crippen molar-refractivity contribution < 1.29 is 0 Å². The van der Waals surface area contributed by atoms with E-state index in [0.29, 0.717) is 0 Å². The number of fused-ring (bicyclic) bond motifs is 1. The lowest BCUT2D eigenvalue weighted by molar-refractivity contribution is 0.688. The highest BCUT2D eigenvalue weighted by molar-refractivity contribution is 5.49. The minimum Gasteiger partial charge on any atom is -0.295 e. The standard InChI is InChI=1S/C17H22N2O/c1-11-9-12(2)16(13(3)10-11)19-17(20)14-7-5-4-6-8-15(14)18-19/h9-10,18H,4-8H2,1-3H3.